The fourth-order valence-electron chi connectivity index (χ4n) is 4.57. The Morgan fingerprint density at radius 2 is 1.74 bits per heavy atom. The number of β-amino-alcohol motifs (C(OH)–C–C–N with tert-alkyl or cyclic N) is 2. The highest BCUT2D eigenvalue weighted by Gasteiger charge is 2.27. The van der Waals surface area contributed by atoms with Crippen molar-refractivity contribution in [3.05, 3.63) is 64.6 Å². The van der Waals surface area contributed by atoms with Crippen molar-refractivity contribution in [3.63, 3.8) is 0 Å². The molecule has 0 aliphatic carbocycles. The van der Waals surface area contributed by atoms with Crippen molar-refractivity contribution >= 4 is 18.4 Å². The zero-order valence-corrected chi connectivity index (χ0v) is 20.1. The number of hydrogen-bond acceptors (Lipinski definition) is 10. The quantitative estimate of drug-likeness (QED) is 0.449. The first-order chi connectivity index (χ1) is 16.5. The van der Waals surface area contributed by atoms with Gasteiger partial charge in [0.1, 0.15) is 12.9 Å². The number of nitrogens with zero attached hydrogens (tertiary/aromatic N) is 7. The molecule has 0 saturated carbocycles. The summed E-state index contributed by atoms with van der Waals surface area (Å²) < 4.78 is 6.58. The van der Waals surface area contributed by atoms with Gasteiger partial charge in [0.05, 0.1) is 17.8 Å². The summed E-state index contributed by atoms with van der Waals surface area (Å²) in [5.74, 6) is 0.294. The maximum absolute atomic E-state index is 11.8. The number of rotatable bonds is 7. The van der Waals surface area contributed by atoms with Gasteiger partial charge in [0.2, 0.25) is 0 Å². The van der Waals surface area contributed by atoms with Gasteiger partial charge in [-0.1, -0.05) is 12.1 Å². The van der Waals surface area contributed by atoms with Crippen LogP contribution in [0.4, 0.5) is 0 Å². The first-order valence-electron chi connectivity index (χ1n) is 11.3. The second kappa shape index (κ2) is 10.8. The number of esters is 1. The smallest absolute Gasteiger partial charge is 0.338 e. The molecule has 5 rings (SSSR count). The standard InChI is InChI=1S/C23H27N7O4.ClH/c1-15-17(3-4-18-19(15)13-34-23(18)33)21(32)12-29-8-6-28(7-9-29)11-20(31)16-2-5-22(24-10-16)30-14-25-26-27-30;/h2-5,10,14,20-21,31-32H,6-9,11-13H2,1H3;1H/t20-,21-;/m0./s1. The van der Waals surface area contributed by atoms with E-state index >= 15 is 0 Å². The summed E-state index contributed by atoms with van der Waals surface area (Å²) in [5.41, 5.74) is 3.98. The van der Waals surface area contributed by atoms with Crippen LogP contribution in [0.2, 0.25) is 0 Å². The summed E-state index contributed by atoms with van der Waals surface area (Å²) in [6.07, 6.45) is 1.83. The van der Waals surface area contributed by atoms with Gasteiger partial charge in [0, 0.05) is 56.6 Å². The fourth-order valence-corrected chi connectivity index (χ4v) is 4.57. The lowest BCUT2D eigenvalue weighted by molar-refractivity contribution is 0.0480. The van der Waals surface area contributed by atoms with Crippen LogP contribution in [0.25, 0.3) is 5.82 Å². The number of cyclic esters (lactones) is 1. The Balaban J connectivity index is 0.00000289. The Morgan fingerprint density at radius 1 is 1.03 bits per heavy atom. The molecule has 1 saturated heterocycles. The van der Waals surface area contributed by atoms with Crippen molar-refractivity contribution in [2.24, 2.45) is 0 Å². The highest BCUT2D eigenvalue weighted by atomic mass is 35.5. The molecule has 35 heavy (non-hydrogen) atoms. The fraction of sp³-hybridized carbons (Fsp3) is 0.435. The molecule has 2 atom stereocenters. The van der Waals surface area contributed by atoms with Crippen molar-refractivity contribution in [3.8, 4) is 5.82 Å². The third-order valence-electron chi connectivity index (χ3n) is 6.63. The molecule has 0 spiro atoms. The van der Waals surface area contributed by atoms with E-state index in [0.717, 1.165) is 48.4 Å². The number of pyridine rings is 1. The van der Waals surface area contributed by atoms with Gasteiger partial charge < -0.3 is 14.9 Å². The van der Waals surface area contributed by atoms with Gasteiger partial charge in [-0.2, -0.15) is 4.68 Å². The molecule has 11 nitrogen and oxygen atoms in total. The molecular formula is C23H28ClN7O4. The van der Waals surface area contributed by atoms with E-state index in [1.807, 2.05) is 19.1 Å². The van der Waals surface area contributed by atoms with Gasteiger partial charge >= 0.3 is 5.97 Å². The van der Waals surface area contributed by atoms with E-state index in [1.54, 1.807) is 18.3 Å². The lowest BCUT2D eigenvalue weighted by Gasteiger charge is -2.36. The largest absolute Gasteiger partial charge is 0.457 e. The van der Waals surface area contributed by atoms with Crippen LogP contribution in [0.3, 0.4) is 0 Å². The van der Waals surface area contributed by atoms with Crippen LogP contribution in [-0.4, -0.2) is 90.4 Å². The first-order valence-corrected chi connectivity index (χ1v) is 11.3. The number of halogens is 1. The lowest BCUT2D eigenvalue weighted by atomic mass is 9.95. The van der Waals surface area contributed by atoms with Crippen LogP contribution >= 0.6 is 12.4 Å². The predicted octanol–water partition coefficient (Wildman–Crippen LogP) is 0.843. The molecular weight excluding hydrogens is 474 g/mol. The van der Waals surface area contributed by atoms with Gasteiger partial charge in [-0.15, -0.1) is 17.5 Å². The van der Waals surface area contributed by atoms with Crippen molar-refractivity contribution in [1.82, 2.24) is 35.0 Å². The number of aliphatic hydroxyl groups is 2. The Kier molecular flexibility index (Phi) is 7.72. The summed E-state index contributed by atoms with van der Waals surface area (Å²) >= 11 is 0. The van der Waals surface area contributed by atoms with Gasteiger partial charge in [-0.25, -0.2) is 9.78 Å². The Labute approximate surface area is 208 Å². The second-order valence-electron chi connectivity index (χ2n) is 8.72. The minimum Gasteiger partial charge on any atom is -0.457 e. The summed E-state index contributed by atoms with van der Waals surface area (Å²) in [4.78, 5) is 20.5. The molecule has 12 heteroatoms. The van der Waals surface area contributed by atoms with E-state index in [0.29, 0.717) is 24.5 Å². The van der Waals surface area contributed by atoms with Crippen LogP contribution < -0.4 is 0 Å². The molecule has 2 aliphatic heterocycles. The van der Waals surface area contributed by atoms with Gasteiger partial charge in [0.15, 0.2) is 5.82 Å². The van der Waals surface area contributed by atoms with Crippen LogP contribution in [0.5, 0.6) is 0 Å². The monoisotopic (exact) mass is 501 g/mol. The number of fused-ring (bicyclic) bond motifs is 1. The van der Waals surface area contributed by atoms with E-state index in [2.05, 4.69) is 30.3 Å². The van der Waals surface area contributed by atoms with Gasteiger partial charge in [0.25, 0.3) is 0 Å². The predicted molar refractivity (Wildman–Crippen MR) is 127 cm³/mol. The highest BCUT2D eigenvalue weighted by molar-refractivity contribution is 5.93. The lowest BCUT2D eigenvalue weighted by Crippen LogP contribution is -2.48. The number of carbonyl (C=O) groups is 1. The maximum Gasteiger partial charge on any atom is 0.338 e. The summed E-state index contributed by atoms with van der Waals surface area (Å²) in [6.45, 7) is 6.43. The van der Waals surface area contributed by atoms with Crippen molar-refractivity contribution < 1.29 is 19.7 Å². The van der Waals surface area contributed by atoms with E-state index in [1.165, 1.54) is 11.0 Å². The molecule has 3 aromatic rings. The number of aromatic nitrogens is 5. The minimum absolute atomic E-state index is 0. The molecule has 186 valence electrons. The molecule has 0 bridgehead atoms. The average Bonchev–Trinajstić information content (AvgIpc) is 3.51. The van der Waals surface area contributed by atoms with E-state index in [-0.39, 0.29) is 25.0 Å². The maximum atomic E-state index is 11.8. The van der Waals surface area contributed by atoms with E-state index < -0.39 is 12.2 Å². The molecule has 4 heterocycles. The topological polar surface area (TPSA) is 130 Å². The summed E-state index contributed by atoms with van der Waals surface area (Å²) in [7, 11) is 0. The zero-order valence-electron chi connectivity index (χ0n) is 19.3. The molecule has 1 aromatic carbocycles. The highest BCUT2D eigenvalue weighted by Crippen LogP contribution is 2.29. The Hall–Kier alpha value is -2.96. The van der Waals surface area contributed by atoms with Crippen molar-refractivity contribution in [2.75, 3.05) is 39.3 Å². The third-order valence-corrected chi connectivity index (χ3v) is 6.63. The third kappa shape index (κ3) is 5.34. The number of tetrazole rings is 1. The molecule has 0 amide bonds. The average molecular weight is 502 g/mol. The molecule has 2 N–H and O–H groups in total. The normalized spacial score (nSPS) is 18.0. The summed E-state index contributed by atoms with van der Waals surface area (Å²) in [6, 6.07) is 7.19. The number of piperazine rings is 1. The number of ether oxygens (including phenoxy) is 1. The molecule has 0 unspecified atom stereocenters. The number of aliphatic hydroxyl groups excluding tert-OH is 2. The zero-order chi connectivity index (χ0) is 23.7. The van der Waals surface area contributed by atoms with Crippen LogP contribution in [0.15, 0.2) is 36.8 Å². The van der Waals surface area contributed by atoms with Gasteiger partial charge in [-0.05, 0) is 40.6 Å². The van der Waals surface area contributed by atoms with Crippen molar-refractivity contribution in [2.45, 2.75) is 25.7 Å². The van der Waals surface area contributed by atoms with Crippen molar-refractivity contribution in [1.29, 1.82) is 0 Å². The van der Waals surface area contributed by atoms with E-state index in [9.17, 15) is 15.0 Å². The van der Waals surface area contributed by atoms with Crippen LogP contribution in [0, 0.1) is 6.92 Å². The summed E-state index contributed by atoms with van der Waals surface area (Å²) in [5, 5.41) is 32.5. The first kappa shape index (κ1) is 25.1. The molecule has 1 fully saturated rings. The second-order valence-corrected chi connectivity index (χ2v) is 8.72. The van der Waals surface area contributed by atoms with Crippen LogP contribution in [-0.2, 0) is 11.3 Å². The molecule has 2 aromatic heterocycles. The number of benzene rings is 1. The van der Waals surface area contributed by atoms with Crippen LogP contribution in [0.1, 0.15) is 44.8 Å². The SMILES string of the molecule is Cc1c([C@@H](O)CN2CCN(C[C@H](O)c3ccc(-n4cnnn4)nc3)CC2)ccc2c1COC2=O.Cl. The van der Waals surface area contributed by atoms with Gasteiger partial charge in [-0.3, -0.25) is 9.80 Å². The molecule has 0 radical (unpaired) electrons. The molecule has 2 aliphatic rings. The Morgan fingerprint density at radius 3 is 2.37 bits per heavy atom. The number of hydrogen-bond donors (Lipinski definition) is 2. The Bertz CT molecular complexity index is 1150. The minimum atomic E-state index is -0.647. The van der Waals surface area contributed by atoms with E-state index in [4.69, 9.17) is 4.74 Å². The number of carbonyl (C=O) groups excluding carboxylic acids is 1.